The number of ether oxygens (including phenoxy) is 2. The third kappa shape index (κ3) is 6.00. The molecular weight excluding hydrogens is 214 g/mol. The monoisotopic (exact) mass is 230 g/mol. The van der Waals surface area contributed by atoms with Gasteiger partial charge < -0.3 is 14.8 Å². The smallest absolute Gasteiger partial charge is 0.408 e. The van der Waals surface area contributed by atoms with Gasteiger partial charge in [-0.25, -0.2) is 9.59 Å². The minimum absolute atomic E-state index is 0.118. The van der Waals surface area contributed by atoms with Crippen molar-refractivity contribution in [1.82, 2.24) is 5.32 Å². The summed E-state index contributed by atoms with van der Waals surface area (Å²) in [5, 5.41) is 2.05. The lowest BCUT2D eigenvalue weighted by Crippen LogP contribution is -2.45. The van der Waals surface area contributed by atoms with Gasteiger partial charge in [-0.2, -0.15) is 0 Å². The minimum atomic E-state index is -1.45. The Morgan fingerprint density at radius 2 is 1.94 bits per heavy atom. The number of rotatable bonds is 4. The molecule has 0 aromatic heterocycles. The maximum absolute atomic E-state index is 11.2. The van der Waals surface area contributed by atoms with E-state index in [2.05, 4.69) is 4.74 Å². The SMILES string of the molecule is CCOC(=O)C([C]=O)NC(=O)OC(C)(C)C. The quantitative estimate of drug-likeness (QED) is 0.563. The van der Waals surface area contributed by atoms with E-state index in [1.807, 2.05) is 5.32 Å². The molecule has 16 heavy (non-hydrogen) atoms. The largest absolute Gasteiger partial charge is 0.464 e. The van der Waals surface area contributed by atoms with Crippen LogP contribution in [0.1, 0.15) is 27.7 Å². The summed E-state index contributed by atoms with van der Waals surface area (Å²) in [6.45, 7) is 6.70. The molecule has 0 spiro atoms. The maximum atomic E-state index is 11.2. The Balaban J connectivity index is 4.28. The lowest BCUT2D eigenvalue weighted by molar-refractivity contribution is -0.143. The van der Waals surface area contributed by atoms with E-state index < -0.39 is 23.7 Å². The molecule has 0 aliphatic carbocycles. The molecule has 0 bridgehead atoms. The van der Waals surface area contributed by atoms with Crippen molar-refractivity contribution in [2.24, 2.45) is 0 Å². The maximum Gasteiger partial charge on any atom is 0.408 e. The van der Waals surface area contributed by atoms with Gasteiger partial charge >= 0.3 is 12.1 Å². The molecule has 0 fully saturated rings. The lowest BCUT2D eigenvalue weighted by Gasteiger charge is -2.20. The Labute approximate surface area is 94.3 Å². The van der Waals surface area contributed by atoms with Gasteiger partial charge in [0, 0.05) is 0 Å². The molecule has 91 valence electrons. The molecule has 0 heterocycles. The lowest BCUT2D eigenvalue weighted by atomic mass is 10.2. The molecule has 0 rings (SSSR count). The van der Waals surface area contributed by atoms with Gasteiger partial charge in [0.05, 0.1) is 6.61 Å². The van der Waals surface area contributed by atoms with Crippen molar-refractivity contribution >= 4 is 18.3 Å². The molecule has 0 saturated carbocycles. The average Bonchev–Trinajstić information content (AvgIpc) is 2.11. The molecule has 1 amide bonds. The molecule has 1 radical (unpaired) electrons. The first kappa shape index (κ1) is 14.4. The predicted molar refractivity (Wildman–Crippen MR) is 55.5 cm³/mol. The average molecular weight is 230 g/mol. The third-order valence-corrected chi connectivity index (χ3v) is 1.30. The van der Waals surface area contributed by atoms with Crippen LogP contribution in [0, 0.1) is 0 Å². The highest BCUT2D eigenvalue weighted by molar-refractivity contribution is 5.95. The highest BCUT2D eigenvalue weighted by atomic mass is 16.6. The second-order valence-electron chi connectivity index (χ2n) is 3.95. The zero-order valence-corrected chi connectivity index (χ0v) is 9.83. The summed E-state index contributed by atoms with van der Waals surface area (Å²) >= 11 is 0. The molecule has 0 aliphatic heterocycles. The second kappa shape index (κ2) is 6.09. The van der Waals surface area contributed by atoms with Crippen LogP contribution in [0.2, 0.25) is 0 Å². The van der Waals surface area contributed by atoms with Crippen molar-refractivity contribution < 1.29 is 23.9 Å². The van der Waals surface area contributed by atoms with Crippen LogP contribution >= 0.6 is 0 Å². The van der Waals surface area contributed by atoms with Gasteiger partial charge in [0.25, 0.3) is 0 Å². The molecule has 0 aliphatic rings. The van der Waals surface area contributed by atoms with Crippen LogP contribution in [-0.4, -0.2) is 36.6 Å². The fourth-order valence-electron chi connectivity index (χ4n) is 0.788. The number of amides is 1. The van der Waals surface area contributed by atoms with Crippen molar-refractivity contribution in [3.05, 3.63) is 0 Å². The van der Waals surface area contributed by atoms with Gasteiger partial charge in [-0.3, -0.25) is 4.79 Å². The van der Waals surface area contributed by atoms with E-state index in [1.165, 1.54) is 6.29 Å². The van der Waals surface area contributed by atoms with Crippen LogP contribution < -0.4 is 5.32 Å². The van der Waals surface area contributed by atoms with Gasteiger partial charge in [0.2, 0.25) is 6.29 Å². The van der Waals surface area contributed by atoms with E-state index in [9.17, 15) is 14.4 Å². The number of carbonyl (C=O) groups is 2. The summed E-state index contributed by atoms with van der Waals surface area (Å²) in [4.78, 5) is 32.8. The van der Waals surface area contributed by atoms with E-state index in [-0.39, 0.29) is 6.61 Å². The summed E-state index contributed by atoms with van der Waals surface area (Å²) in [5.74, 6) is -0.858. The van der Waals surface area contributed by atoms with Crippen molar-refractivity contribution in [2.45, 2.75) is 39.3 Å². The molecular formula is C10H16NO5. The summed E-state index contributed by atoms with van der Waals surface area (Å²) in [5.41, 5.74) is -0.702. The summed E-state index contributed by atoms with van der Waals surface area (Å²) in [6, 6.07) is -1.45. The number of hydrogen-bond donors (Lipinski definition) is 1. The van der Waals surface area contributed by atoms with Crippen LogP contribution in [0.15, 0.2) is 0 Å². The van der Waals surface area contributed by atoms with Crippen molar-refractivity contribution in [2.75, 3.05) is 6.61 Å². The Hall–Kier alpha value is -1.59. The first-order valence-electron chi connectivity index (χ1n) is 4.84. The van der Waals surface area contributed by atoms with E-state index in [0.717, 1.165) is 0 Å². The van der Waals surface area contributed by atoms with Crippen LogP contribution in [0.25, 0.3) is 0 Å². The third-order valence-electron chi connectivity index (χ3n) is 1.30. The zero-order valence-electron chi connectivity index (χ0n) is 9.83. The van der Waals surface area contributed by atoms with Crippen molar-refractivity contribution in [1.29, 1.82) is 0 Å². The van der Waals surface area contributed by atoms with Crippen molar-refractivity contribution in [3.8, 4) is 0 Å². The zero-order chi connectivity index (χ0) is 12.8. The molecule has 6 nitrogen and oxygen atoms in total. The van der Waals surface area contributed by atoms with Gasteiger partial charge in [-0.15, -0.1) is 0 Å². The van der Waals surface area contributed by atoms with Crippen LogP contribution in [0.3, 0.4) is 0 Å². The molecule has 0 aromatic rings. The molecule has 0 aromatic carbocycles. The van der Waals surface area contributed by atoms with Crippen LogP contribution in [0.4, 0.5) is 4.79 Å². The van der Waals surface area contributed by atoms with Crippen LogP contribution in [-0.2, 0) is 19.1 Å². The second-order valence-corrected chi connectivity index (χ2v) is 3.95. The fourth-order valence-corrected chi connectivity index (χ4v) is 0.788. The van der Waals surface area contributed by atoms with Gasteiger partial charge in [0.15, 0.2) is 6.04 Å². The number of carbonyl (C=O) groups excluding carboxylic acids is 3. The summed E-state index contributed by atoms with van der Waals surface area (Å²) < 4.78 is 9.42. The summed E-state index contributed by atoms with van der Waals surface area (Å²) in [7, 11) is 0. The van der Waals surface area contributed by atoms with Gasteiger partial charge in [-0.05, 0) is 27.7 Å². The first-order valence-corrected chi connectivity index (χ1v) is 4.84. The van der Waals surface area contributed by atoms with E-state index in [0.29, 0.717) is 0 Å². The Kier molecular flexibility index (Phi) is 5.49. The molecule has 6 heteroatoms. The van der Waals surface area contributed by atoms with E-state index in [1.54, 1.807) is 27.7 Å². The van der Waals surface area contributed by atoms with Crippen LogP contribution in [0.5, 0.6) is 0 Å². The van der Waals surface area contributed by atoms with Gasteiger partial charge in [0.1, 0.15) is 5.60 Å². The molecule has 1 atom stereocenters. The van der Waals surface area contributed by atoms with E-state index >= 15 is 0 Å². The highest BCUT2D eigenvalue weighted by Crippen LogP contribution is 2.06. The summed E-state index contributed by atoms with van der Waals surface area (Å²) in [6.07, 6.45) is 0.500. The Bertz CT molecular complexity index is 269. The number of nitrogens with one attached hydrogen (secondary N) is 1. The number of alkyl carbamates (subject to hydrolysis) is 1. The first-order chi connectivity index (χ1) is 7.30. The highest BCUT2D eigenvalue weighted by Gasteiger charge is 2.25. The number of esters is 1. The Morgan fingerprint density at radius 3 is 2.31 bits per heavy atom. The standard InChI is InChI=1S/C10H16NO5/c1-5-15-8(13)7(6-12)11-9(14)16-10(2,3)4/h7H,5H2,1-4H3,(H,11,14). The predicted octanol–water partition coefficient (Wildman–Crippen LogP) is 0.552. The molecule has 0 saturated heterocycles. The normalized spacial score (nSPS) is 12.5. The van der Waals surface area contributed by atoms with Gasteiger partial charge in [-0.1, -0.05) is 0 Å². The molecule has 1 N–H and O–H groups in total. The number of hydrogen-bond acceptors (Lipinski definition) is 5. The topological polar surface area (TPSA) is 81.7 Å². The fraction of sp³-hybridized carbons (Fsp3) is 0.700. The minimum Gasteiger partial charge on any atom is -0.464 e. The van der Waals surface area contributed by atoms with Crippen molar-refractivity contribution in [3.63, 3.8) is 0 Å². The Morgan fingerprint density at radius 1 is 1.38 bits per heavy atom. The van der Waals surface area contributed by atoms with E-state index in [4.69, 9.17) is 4.74 Å². The molecule has 1 unspecified atom stereocenters.